The number of amides is 1. The average Bonchev–Trinajstić information content (AvgIpc) is 3.27. The molecule has 2 aliphatic rings. The molecule has 0 unspecified atom stereocenters. The van der Waals surface area contributed by atoms with E-state index in [1.807, 2.05) is 24.1 Å². The van der Waals surface area contributed by atoms with Gasteiger partial charge in [0.25, 0.3) is 12.3 Å². The Morgan fingerprint density at radius 2 is 2.22 bits per heavy atom. The van der Waals surface area contributed by atoms with Crippen molar-refractivity contribution in [3.05, 3.63) is 27.7 Å². The molecule has 4 heterocycles. The fraction of sp³-hybridized carbons (Fsp3) is 0.611. The fourth-order valence-electron chi connectivity index (χ4n) is 4.12. The van der Waals surface area contributed by atoms with E-state index < -0.39 is 12.5 Å². The highest BCUT2D eigenvalue weighted by atomic mass is 32.1. The van der Waals surface area contributed by atoms with Crippen molar-refractivity contribution in [3.8, 4) is 0 Å². The first-order valence-corrected chi connectivity index (χ1v) is 10.1. The Balaban J connectivity index is 1.50. The first-order valence-electron chi connectivity index (χ1n) is 9.24. The summed E-state index contributed by atoms with van der Waals surface area (Å²) in [5.41, 5.74) is 1.80. The zero-order chi connectivity index (χ0) is 19.1. The number of hydrogen-bond acceptors (Lipinski definition) is 5. The van der Waals surface area contributed by atoms with E-state index >= 15 is 0 Å². The van der Waals surface area contributed by atoms with Gasteiger partial charge in [0.1, 0.15) is 12.4 Å². The third kappa shape index (κ3) is 3.33. The summed E-state index contributed by atoms with van der Waals surface area (Å²) in [4.78, 5) is 20.1. The molecule has 4 rings (SSSR count). The van der Waals surface area contributed by atoms with E-state index in [0.29, 0.717) is 19.0 Å². The number of likely N-dealkylation sites (tertiary alicyclic amines) is 1. The number of thiophene rings is 1. The van der Waals surface area contributed by atoms with E-state index in [0.717, 1.165) is 28.8 Å². The van der Waals surface area contributed by atoms with Crippen molar-refractivity contribution in [2.75, 3.05) is 18.4 Å². The van der Waals surface area contributed by atoms with E-state index in [1.165, 1.54) is 11.0 Å². The smallest absolute Gasteiger partial charge is 0.260 e. The van der Waals surface area contributed by atoms with Crippen LogP contribution in [0.3, 0.4) is 0 Å². The Hall–Kier alpha value is -2.03. The lowest BCUT2D eigenvalue weighted by atomic mass is 9.86. The van der Waals surface area contributed by atoms with Gasteiger partial charge >= 0.3 is 0 Å². The zero-order valence-electron chi connectivity index (χ0n) is 15.4. The molecule has 0 aromatic carbocycles. The molecular formula is C18H23F2N5OS. The number of aryl methyl sites for hydroxylation is 1. The quantitative estimate of drug-likeness (QED) is 0.864. The predicted molar refractivity (Wildman–Crippen MR) is 99.5 cm³/mol. The van der Waals surface area contributed by atoms with Gasteiger partial charge in [-0.1, -0.05) is 0 Å². The van der Waals surface area contributed by atoms with E-state index in [-0.39, 0.29) is 24.3 Å². The number of aromatic nitrogens is 3. The normalized spacial score (nSPS) is 25.4. The van der Waals surface area contributed by atoms with Gasteiger partial charge in [0, 0.05) is 29.4 Å². The highest BCUT2D eigenvalue weighted by molar-refractivity contribution is 7.10. The lowest BCUT2D eigenvalue weighted by molar-refractivity contribution is 0.0504. The molecule has 27 heavy (non-hydrogen) atoms. The van der Waals surface area contributed by atoms with Crippen LogP contribution < -0.4 is 5.32 Å². The van der Waals surface area contributed by atoms with Crippen molar-refractivity contribution in [2.24, 2.45) is 5.92 Å². The predicted octanol–water partition coefficient (Wildman–Crippen LogP) is 3.50. The number of halogens is 2. The van der Waals surface area contributed by atoms with Crippen molar-refractivity contribution in [3.63, 3.8) is 0 Å². The summed E-state index contributed by atoms with van der Waals surface area (Å²) < 4.78 is 28.3. The number of nitrogens with zero attached hydrogens (tertiary/aromatic N) is 4. The largest absolute Gasteiger partial charge is 0.351 e. The molecule has 6 nitrogen and oxygen atoms in total. The molecule has 0 saturated carbocycles. The maximum absolute atomic E-state index is 13.5. The van der Waals surface area contributed by atoms with Gasteiger partial charge in [-0.05, 0) is 44.6 Å². The molecule has 1 N–H and O–H groups in total. The number of hydrogen-bond donors (Lipinski definition) is 1. The lowest BCUT2D eigenvalue weighted by Gasteiger charge is -2.40. The number of carbonyl (C=O) groups is 1. The number of anilines is 1. The molecule has 2 aromatic rings. The highest BCUT2D eigenvalue weighted by Crippen LogP contribution is 2.35. The second-order valence-electron chi connectivity index (χ2n) is 7.40. The minimum Gasteiger partial charge on any atom is -0.351 e. The highest BCUT2D eigenvalue weighted by Gasteiger charge is 2.39. The number of alkyl halides is 2. The third-order valence-corrected chi connectivity index (χ3v) is 6.83. The minimum atomic E-state index is -2.49. The van der Waals surface area contributed by atoms with Gasteiger partial charge in [-0.2, -0.15) is 10.1 Å². The molecule has 1 amide bonds. The van der Waals surface area contributed by atoms with Crippen LogP contribution in [0.5, 0.6) is 0 Å². The van der Waals surface area contributed by atoms with E-state index in [1.54, 1.807) is 11.3 Å². The molecule has 2 aromatic heterocycles. The SMILES string of the molecule is Cc1scc(C(=O)N2CCC[C@@H]([C@@H]3C[C@H](C(F)F)n4ncnc4N3)C2)c1C. The van der Waals surface area contributed by atoms with Crippen LogP contribution in [-0.4, -0.2) is 51.1 Å². The number of fused-ring (bicyclic) bond motifs is 1. The number of carbonyl (C=O) groups excluding carboxylic acids is 1. The summed E-state index contributed by atoms with van der Waals surface area (Å²) in [6.07, 6.45) is 0.888. The lowest BCUT2D eigenvalue weighted by Crippen LogP contribution is -2.48. The van der Waals surface area contributed by atoms with Crippen LogP contribution >= 0.6 is 11.3 Å². The second kappa shape index (κ2) is 7.18. The number of piperidine rings is 1. The van der Waals surface area contributed by atoms with Gasteiger partial charge in [0.05, 0.1) is 5.56 Å². The van der Waals surface area contributed by atoms with Crippen molar-refractivity contribution >= 4 is 23.2 Å². The number of rotatable bonds is 3. The molecule has 3 atom stereocenters. The summed E-state index contributed by atoms with van der Waals surface area (Å²) in [5, 5.41) is 9.12. The second-order valence-corrected chi connectivity index (χ2v) is 8.48. The van der Waals surface area contributed by atoms with Crippen molar-refractivity contribution < 1.29 is 13.6 Å². The van der Waals surface area contributed by atoms with Crippen molar-refractivity contribution in [1.82, 2.24) is 19.7 Å². The van der Waals surface area contributed by atoms with Crippen molar-refractivity contribution in [1.29, 1.82) is 0 Å². The molecule has 1 saturated heterocycles. The first kappa shape index (κ1) is 18.3. The van der Waals surface area contributed by atoms with Crippen LogP contribution in [0.2, 0.25) is 0 Å². The molecule has 2 aliphatic heterocycles. The van der Waals surface area contributed by atoms with Crippen LogP contribution in [0.15, 0.2) is 11.7 Å². The zero-order valence-corrected chi connectivity index (χ0v) is 16.2. The first-order chi connectivity index (χ1) is 13.0. The van der Waals surface area contributed by atoms with E-state index in [4.69, 9.17) is 0 Å². The molecule has 0 radical (unpaired) electrons. The van der Waals surface area contributed by atoms with Gasteiger partial charge < -0.3 is 10.2 Å². The molecule has 9 heteroatoms. The summed E-state index contributed by atoms with van der Waals surface area (Å²) in [6.45, 7) is 5.28. The Bertz CT molecular complexity index is 836. The van der Waals surface area contributed by atoms with E-state index in [9.17, 15) is 13.6 Å². The van der Waals surface area contributed by atoms with Gasteiger partial charge in [-0.3, -0.25) is 4.79 Å². The fourth-order valence-corrected chi connectivity index (χ4v) is 4.98. The van der Waals surface area contributed by atoms with E-state index in [2.05, 4.69) is 15.4 Å². The number of nitrogens with one attached hydrogen (secondary N) is 1. The molecule has 1 fully saturated rings. The Labute approximate surface area is 160 Å². The summed E-state index contributed by atoms with van der Waals surface area (Å²) in [7, 11) is 0. The summed E-state index contributed by atoms with van der Waals surface area (Å²) >= 11 is 1.59. The Kier molecular flexibility index (Phi) is 4.88. The van der Waals surface area contributed by atoms with Crippen LogP contribution in [0.1, 0.15) is 46.1 Å². The van der Waals surface area contributed by atoms with Crippen LogP contribution in [-0.2, 0) is 0 Å². The molecule has 146 valence electrons. The van der Waals surface area contributed by atoms with Crippen molar-refractivity contribution in [2.45, 2.75) is 51.6 Å². The van der Waals surface area contributed by atoms with Crippen LogP contribution in [0, 0.1) is 19.8 Å². The van der Waals surface area contributed by atoms with Gasteiger partial charge in [0.2, 0.25) is 5.95 Å². The van der Waals surface area contributed by atoms with Crippen LogP contribution in [0.25, 0.3) is 0 Å². The van der Waals surface area contributed by atoms with Gasteiger partial charge in [-0.15, -0.1) is 11.3 Å². The minimum absolute atomic E-state index is 0.0472. The summed E-state index contributed by atoms with van der Waals surface area (Å²) in [6, 6.07) is -1.11. The standard InChI is InChI=1S/C18H23F2N5OS/c1-10-11(2)27-8-13(10)17(26)24-5-3-4-12(7-24)14-6-15(16(19)20)25-18(23-14)21-9-22-25/h8-9,12,14-16H,3-7H2,1-2H3,(H,21,22,23)/t12-,14+,15-/m1/s1. The molecule has 0 spiro atoms. The van der Waals surface area contributed by atoms with Crippen LogP contribution in [0.4, 0.5) is 14.7 Å². The Morgan fingerprint density at radius 3 is 2.93 bits per heavy atom. The maximum Gasteiger partial charge on any atom is 0.260 e. The Morgan fingerprint density at radius 1 is 1.41 bits per heavy atom. The molecule has 0 bridgehead atoms. The van der Waals surface area contributed by atoms with Gasteiger partial charge in [-0.25, -0.2) is 13.5 Å². The monoisotopic (exact) mass is 395 g/mol. The summed E-state index contributed by atoms with van der Waals surface area (Å²) in [5.74, 6) is 0.560. The molecular weight excluding hydrogens is 372 g/mol. The maximum atomic E-state index is 13.5. The third-order valence-electron chi connectivity index (χ3n) is 5.82. The topological polar surface area (TPSA) is 63.1 Å². The van der Waals surface area contributed by atoms with Gasteiger partial charge in [0.15, 0.2) is 0 Å². The average molecular weight is 395 g/mol. The molecule has 0 aliphatic carbocycles.